The first-order valence-electron chi connectivity index (χ1n) is 31.8. The molecule has 1 heterocycles. The molecule has 0 fully saturated rings. The highest BCUT2D eigenvalue weighted by Crippen LogP contribution is 2.19. The predicted octanol–water partition coefficient (Wildman–Crippen LogP) is 17.1. The Hall–Kier alpha value is -10.6. The predicted molar refractivity (Wildman–Crippen MR) is 401 cm³/mol. The van der Waals surface area contributed by atoms with E-state index in [1.807, 2.05) is 146 Å². The molecule has 6 aromatic carbocycles. The van der Waals surface area contributed by atoms with Gasteiger partial charge in [-0.1, -0.05) is 0 Å². The van der Waals surface area contributed by atoms with Gasteiger partial charge in [-0.2, -0.15) is 61.2 Å². The fourth-order valence-corrected chi connectivity index (χ4v) is 8.36. The van der Waals surface area contributed by atoms with Gasteiger partial charge in [-0.05, 0) is 332 Å². The van der Waals surface area contributed by atoms with Crippen LogP contribution in [-0.4, -0.2) is 132 Å². The second-order valence-corrected chi connectivity index (χ2v) is 29.1. The van der Waals surface area contributed by atoms with Crippen molar-refractivity contribution < 1.29 is 0 Å². The number of fused-ring (bicyclic) bond motifs is 12. The van der Waals surface area contributed by atoms with Gasteiger partial charge < -0.3 is 0 Å². The summed E-state index contributed by atoms with van der Waals surface area (Å²) >= 11 is 0. The first-order chi connectivity index (χ1) is 45.2. The van der Waals surface area contributed by atoms with Crippen LogP contribution in [0.5, 0.6) is 0 Å². The Balaban J connectivity index is 1.48. The van der Waals surface area contributed by atoms with Gasteiger partial charge in [0.2, 0.25) is 0 Å². The molecule has 0 radical (unpaired) electrons. The summed E-state index contributed by atoms with van der Waals surface area (Å²) in [5, 5.41) is 63.4. The average molecular weight is 1280 g/mol. The van der Waals surface area contributed by atoms with Crippen LogP contribution in [0.4, 0.5) is 0 Å². The Labute approximate surface area is 565 Å². The van der Waals surface area contributed by atoms with Gasteiger partial charge >= 0.3 is 0 Å². The number of aliphatic imine (C=N–C) groups is 6. The lowest BCUT2D eigenvalue weighted by molar-refractivity contribution is 0.586. The lowest BCUT2D eigenvalue weighted by Crippen LogP contribution is -2.09. The molecular formula is C78H90N18. The molecule has 0 spiro atoms. The molecular weight excluding hydrogens is 1190 g/mol. The Morgan fingerprint density at radius 1 is 0.167 bits per heavy atom. The van der Waals surface area contributed by atoms with Crippen LogP contribution in [0.1, 0.15) is 158 Å². The summed E-state index contributed by atoms with van der Waals surface area (Å²) in [6.07, 6.45) is 31.5. The molecule has 18 heteroatoms. The minimum Gasteiger partial charge on any atom is -0.287 e. The van der Waals surface area contributed by atoms with Crippen molar-refractivity contribution >= 4 is 102 Å². The summed E-state index contributed by atoms with van der Waals surface area (Å²) < 4.78 is 0. The van der Waals surface area contributed by atoms with Crippen molar-refractivity contribution in [2.24, 2.45) is 30.0 Å². The van der Waals surface area contributed by atoms with Crippen LogP contribution in [0.15, 0.2) is 214 Å². The minimum atomic E-state index is -0.295. The van der Waals surface area contributed by atoms with Crippen LogP contribution < -0.4 is 0 Å². The summed E-state index contributed by atoms with van der Waals surface area (Å²) in [6, 6.07) is 35.7. The van der Waals surface area contributed by atoms with Crippen molar-refractivity contribution in [1.29, 1.82) is 0 Å². The van der Waals surface area contributed by atoms with Crippen molar-refractivity contribution in [1.82, 2.24) is 61.2 Å². The Kier molecular flexibility index (Phi) is 25.0. The van der Waals surface area contributed by atoms with Crippen molar-refractivity contribution in [3.8, 4) is 0 Å². The number of rotatable bonds is 6. The standard InChI is InChI=1S/C78H90N18/c1-73(2,3)79-37-55-19-61-31-62(20-55)44-86-88-46-64-22-57(39-81-75(7,8)9)24-66(33-64)48-90-92-50-68-26-59(41-83-77(13,14)15)28-70(35-68)52-94-96-54-72-30-60(42-84-78(16,17)18)29-71(36-72)53-95-93-51-69-27-58(40-82-76(10,11)12)25-67(34-69)49-91-89-47-65-23-56(38-80-74(4,5)6)21-63(32-65)45-87-85-43-61/h19-54H,1-18H3. The highest BCUT2D eigenvalue weighted by atomic mass is 15.1. The lowest BCUT2D eigenvalue weighted by atomic mass is 10.1. The molecule has 0 saturated heterocycles. The van der Waals surface area contributed by atoms with Crippen LogP contribution in [-0.2, 0) is 0 Å². The SMILES string of the molecule is CC(C)(C)N=Cc1cc2cnncc3cc(C=NC(C)(C)C)cc(cnncc4cc(C=NC(C)(C)C)cc(cnncc5cc(C=NC(C)(C)C)cc(cnncc6cc(C=NC(C)(C)C)cc(cnncc7cc(C=NC(C)(C)C)cc(cnncc(c1)c2)c7)c6)c5)c4)c3. The molecule has 7 rings (SSSR count). The molecule has 0 unspecified atom stereocenters. The largest absolute Gasteiger partial charge is 0.287 e. The van der Waals surface area contributed by atoms with E-state index >= 15 is 0 Å². The normalized spacial score (nSPS) is 12.4. The van der Waals surface area contributed by atoms with E-state index in [9.17, 15) is 0 Å². The molecule has 0 atom stereocenters. The Morgan fingerprint density at radius 3 is 0.344 bits per heavy atom. The van der Waals surface area contributed by atoms with Crippen LogP contribution in [0.25, 0.3) is 64.6 Å². The van der Waals surface area contributed by atoms with E-state index in [-0.39, 0.29) is 33.2 Å². The molecule has 1 aromatic heterocycles. The Morgan fingerprint density at radius 2 is 0.260 bits per heavy atom. The van der Waals surface area contributed by atoms with E-state index in [1.54, 1.807) is 74.4 Å². The maximum Gasteiger partial charge on any atom is 0.0568 e. The van der Waals surface area contributed by atoms with Gasteiger partial charge in [0.15, 0.2) is 0 Å². The van der Waals surface area contributed by atoms with Gasteiger partial charge in [0.25, 0.3) is 0 Å². The van der Waals surface area contributed by atoms with Gasteiger partial charge in [-0.15, -0.1) is 0 Å². The van der Waals surface area contributed by atoms with Gasteiger partial charge in [-0.25, -0.2) is 0 Å². The number of hydrogen-bond acceptors (Lipinski definition) is 18. The minimum absolute atomic E-state index is 0.295. The molecule has 0 N–H and O–H groups in total. The van der Waals surface area contributed by atoms with E-state index in [1.165, 1.54) is 0 Å². The number of benzene rings is 6. The summed E-state index contributed by atoms with van der Waals surface area (Å²) in [5.74, 6) is 0. The molecule has 0 aliphatic carbocycles. The van der Waals surface area contributed by atoms with Crippen LogP contribution in [0.3, 0.4) is 0 Å². The zero-order valence-electron chi connectivity index (χ0n) is 58.8. The third kappa shape index (κ3) is 29.1. The monoisotopic (exact) mass is 1280 g/mol. The van der Waals surface area contributed by atoms with E-state index < -0.39 is 0 Å². The molecule has 0 saturated carbocycles. The second kappa shape index (κ2) is 33.0. The molecule has 0 aliphatic rings. The highest BCUT2D eigenvalue weighted by Gasteiger charge is 2.10. The van der Waals surface area contributed by atoms with E-state index in [2.05, 4.69) is 186 Å². The maximum atomic E-state index is 4.78. The van der Waals surface area contributed by atoms with Crippen LogP contribution in [0.2, 0.25) is 0 Å². The van der Waals surface area contributed by atoms with Crippen LogP contribution >= 0.6 is 0 Å². The molecule has 0 aliphatic heterocycles. The average Bonchev–Trinajstić information content (AvgIpc) is 0.924. The topological polar surface area (TPSA) is 229 Å². The van der Waals surface area contributed by atoms with E-state index in [0.717, 1.165) is 98.0 Å². The first-order valence-corrected chi connectivity index (χ1v) is 31.8. The van der Waals surface area contributed by atoms with Crippen molar-refractivity contribution in [2.45, 2.75) is 158 Å². The molecule has 0 amide bonds. The zero-order valence-corrected chi connectivity index (χ0v) is 58.8. The van der Waals surface area contributed by atoms with Crippen molar-refractivity contribution in [3.05, 3.63) is 217 Å². The molecule has 7 aromatic rings. The maximum absolute atomic E-state index is 4.78. The smallest absolute Gasteiger partial charge is 0.0568 e. The fourth-order valence-electron chi connectivity index (χ4n) is 8.36. The third-order valence-electron chi connectivity index (χ3n) is 12.5. The highest BCUT2D eigenvalue weighted by molar-refractivity contribution is 5.90. The van der Waals surface area contributed by atoms with Crippen molar-refractivity contribution in [2.75, 3.05) is 0 Å². The quantitative estimate of drug-likeness (QED) is 0.142. The fraction of sp³-hybridized carbons (Fsp3) is 0.308. The van der Waals surface area contributed by atoms with E-state index in [0.29, 0.717) is 0 Å². The first kappa shape index (κ1) is 72.8. The van der Waals surface area contributed by atoms with Gasteiger partial charge in [-0.3, -0.25) is 30.0 Å². The molecule has 18 nitrogen and oxygen atoms in total. The molecule has 12 bridgehead atoms. The summed E-state index contributed by atoms with van der Waals surface area (Å²) in [4.78, 5) is 28.7. The zero-order chi connectivity index (χ0) is 69.6. The summed E-state index contributed by atoms with van der Waals surface area (Å²) in [7, 11) is 0. The van der Waals surface area contributed by atoms with E-state index in [4.69, 9.17) is 30.0 Å². The lowest BCUT2D eigenvalue weighted by Gasteiger charge is -2.10. The molecule has 492 valence electrons. The molecule has 96 heavy (non-hydrogen) atoms. The number of hydrogen-bond donors (Lipinski definition) is 0. The summed E-state index contributed by atoms with van der Waals surface area (Å²) in [6.45, 7) is 36.9. The summed E-state index contributed by atoms with van der Waals surface area (Å²) in [5.41, 5.74) is 3.40. The van der Waals surface area contributed by atoms with Gasteiger partial charge in [0.05, 0.1) is 108 Å². The van der Waals surface area contributed by atoms with Crippen LogP contribution in [0, 0.1) is 0 Å². The number of nitrogens with zero attached hydrogens (tertiary/aromatic N) is 18. The van der Waals surface area contributed by atoms with Gasteiger partial charge in [0, 0.05) is 37.3 Å². The third-order valence-corrected chi connectivity index (χ3v) is 12.5. The van der Waals surface area contributed by atoms with Crippen molar-refractivity contribution in [3.63, 3.8) is 0 Å². The Bertz CT molecular complexity index is 3710. The van der Waals surface area contributed by atoms with Gasteiger partial charge in [0.1, 0.15) is 0 Å². The number of aromatic nitrogens is 12. The second-order valence-electron chi connectivity index (χ2n) is 29.1.